The van der Waals surface area contributed by atoms with Gasteiger partial charge in [-0.15, -0.1) is 0 Å². The highest BCUT2D eigenvalue weighted by atomic mass is 16.5. The summed E-state index contributed by atoms with van der Waals surface area (Å²) in [5.41, 5.74) is 3.90. The van der Waals surface area contributed by atoms with Crippen LogP contribution in [-0.4, -0.2) is 52.4 Å². The first-order chi connectivity index (χ1) is 18.7. The first kappa shape index (κ1) is 28.3. The Morgan fingerprint density at radius 3 is 2.36 bits per heavy atom. The number of carboxylic acids is 1. The normalized spacial score (nSPS) is 20.2. The van der Waals surface area contributed by atoms with Gasteiger partial charge in [0.1, 0.15) is 12.4 Å². The average molecular weight is 532 g/mol. The Kier molecular flexibility index (Phi) is 9.36. The van der Waals surface area contributed by atoms with Gasteiger partial charge < -0.3 is 9.84 Å². The van der Waals surface area contributed by atoms with Crippen molar-refractivity contribution in [1.29, 1.82) is 5.26 Å². The van der Waals surface area contributed by atoms with Crippen molar-refractivity contribution in [1.82, 2.24) is 9.80 Å². The van der Waals surface area contributed by atoms with E-state index in [0.717, 1.165) is 61.2 Å². The van der Waals surface area contributed by atoms with Crippen LogP contribution in [0.1, 0.15) is 73.7 Å². The standard InChI is InChI=1S/C31H37N3O5/c1-21-17-25(7-12-28(21)39-16-15-34-29(35)13-14-30(34)36)20-33(19-24-5-10-27(11-6-24)31(37)38)22(2)26-8-3-23(18-32)4-9-26/h3-4,7-9,12,17,22,24,27H,5-6,10-11,13-16,19-20H2,1-2H3,(H,37,38). The highest BCUT2D eigenvalue weighted by molar-refractivity contribution is 6.01. The molecule has 39 heavy (non-hydrogen) atoms. The Balaban J connectivity index is 1.43. The summed E-state index contributed by atoms with van der Waals surface area (Å²) < 4.78 is 5.91. The van der Waals surface area contributed by atoms with Gasteiger partial charge in [0.2, 0.25) is 11.8 Å². The van der Waals surface area contributed by atoms with Gasteiger partial charge in [0.25, 0.3) is 0 Å². The maximum absolute atomic E-state index is 11.8. The fourth-order valence-electron chi connectivity index (χ4n) is 5.66. The largest absolute Gasteiger partial charge is 0.491 e. The van der Waals surface area contributed by atoms with Crippen LogP contribution >= 0.6 is 0 Å². The predicted molar refractivity (Wildman–Crippen MR) is 146 cm³/mol. The van der Waals surface area contributed by atoms with E-state index < -0.39 is 5.97 Å². The van der Waals surface area contributed by atoms with Crippen LogP contribution in [0, 0.1) is 30.1 Å². The molecule has 2 aromatic rings. The molecule has 0 aromatic heterocycles. The van der Waals surface area contributed by atoms with E-state index in [1.165, 1.54) is 4.90 Å². The SMILES string of the molecule is Cc1cc(CN(CC2CCC(C(=O)O)CC2)C(C)c2ccc(C#N)cc2)ccc1OCCN1C(=O)CCC1=O. The second-order valence-corrected chi connectivity index (χ2v) is 10.8. The van der Waals surface area contributed by atoms with E-state index in [2.05, 4.69) is 24.0 Å². The topological polar surface area (TPSA) is 111 Å². The summed E-state index contributed by atoms with van der Waals surface area (Å²) in [5, 5.41) is 18.6. The van der Waals surface area contributed by atoms with E-state index in [9.17, 15) is 24.8 Å². The van der Waals surface area contributed by atoms with Crippen molar-refractivity contribution in [2.45, 2.75) is 65.0 Å². The molecule has 206 valence electrons. The van der Waals surface area contributed by atoms with Gasteiger partial charge in [-0.3, -0.25) is 24.2 Å². The van der Waals surface area contributed by atoms with Gasteiger partial charge in [-0.1, -0.05) is 24.3 Å². The molecular weight excluding hydrogens is 494 g/mol. The molecule has 1 saturated carbocycles. The molecule has 0 spiro atoms. The molecule has 1 aliphatic carbocycles. The zero-order valence-electron chi connectivity index (χ0n) is 22.8. The van der Waals surface area contributed by atoms with Gasteiger partial charge in [-0.25, -0.2) is 0 Å². The van der Waals surface area contributed by atoms with Gasteiger partial charge in [0.05, 0.1) is 24.1 Å². The van der Waals surface area contributed by atoms with Crippen molar-refractivity contribution in [3.05, 3.63) is 64.7 Å². The van der Waals surface area contributed by atoms with Crippen molar-refractivity contribution in [3.8, 4) is 11.8 Å². The third-order valence-electron chi connectivity index (χ3n) is 8.11. The van der Waals surface area contributed by atoms with Crippen LogP contribution in [0.25, 0.3) is 0 Å². The summed E-state index contributed by atoms with van der Waals surface area (Å²) in [6.07, 6.45) is 3.82. The second kappa shape index (κ2) is 12.9. The number of ether oxygens (including phenoxy) is 1. The van der Waals surface area contributed by atoms with E-state index in [0.29, 0.717) is 11.5 Å². The number of nitrogens with zero attached hydrogens (tertiary/aromatic N) is 3. The monoisotopic (exact) mass is 531 g/mol. The van der Waals surface area contributed by atoms with Crippen molar-refractivity contribution >= 4 is 17.8 Å². The third-order valence-corrected chi connectivity index (χ3v) is 8.11. The molecule has 1 unspecified atom stereocenters. The third kappa shape index (κ3) is 7.24. The van der Waals surface area contributed by atoms with Crippen LogP contribution in [-0.2, 0) is 20.9 Å². The molecule has 8 nitrogen and oxygen atoms in total. The van der Waals surface area contributed by atoms with Crippen molar-refractivity contribution in [3.63, 3.8) is 0 Å². The highest BCUT2D eigenvalue weighted by Crippen LogP contribution is 2.33. The molecule has 2 amide bonds. The molecule has 1 heterocycles. The number of hydrogen-bond donors (Lipinski definition) is 1. The van der Waals surface area contributed by atoms with E-state index in [1.807, 2.05) is 43.3 Å². The first-order valence-electron chi connectivity index (χ1n) is 13.8. The van der Waals surface area contributed by atoms with Crippen LogP contribution < -0.4 is 4.74 Å². The number of hydrogen-bond acceptors (Lipinski definition) is 6. The Hall–Kier alpha value is -3.70. The molecule has 4 rings (SSSR count). The van der Waals surface area contributed by atoms with Gasteiger partial charge in [0.15, 0.2) is 0 Å². The maximum Gasteiger partial charge on any atom is 0.306 e. The Morgan fingerprint density at radius 1 is 1.10 bits per heavy atom. The van der Waals surface area contributed by atoms with Crippen molar-refractivity contribution in [2.75, 3.05) is 19.7 Å². The van der Waals surface area contributed by atoms with E-state index in [-0.39, 0.29) is 49.8 Å². The number of aryl methyl sites for hydroxylation is 1. The number of nitriles is 1. The van der Waals surface area contributed by atoms with E-state index >= 15 is 0 Å². The zero-order chi connectivity index (χ0) is 27.9. The lowest BCUT2D eigenvalue weighted by molar-refractivity contribution is -0.143. The molecule has 0 radical (unpaired) electrons. The van der Waals surface area contributed by atoms with Gasteiger partial charge in [-0.2, -0.15) is 5.26 Å². The molecule has 2 aromatic carbocycles. The summed E-state index contributed by atoms with van der Waals surface area (Å²) in [6, 6.07) is 16.1. The molecular formula is C31H37N3O5. The fourth-order valence-corrected chi connectivity index (χ4v) is 5.66. The van der Waals surface area contributed by atoms with Gasteiger partial charge in [-0.05, 0) is 80.3 Å². The predicted octanol–water partition coefficient (Wildman–Crippen LogP) is 4.85. The average Bonchev–Trinajstić information content (AvgIpc) is 3.26. The number of benzene rings is 2. The Labute approximate surface area is 230 Å². The van der Waals surface area contributed by atoms with Crippen LogP contribution in [0.5, 0.6) is 5.75 Å². The van der Waals surface area contributed by atoms with E-state index in [4.69, 9.17) is 4.74 Å². The number of rotatable bonds is 11. The number of likely N-dealkylation sites (tertiary alicyclic amines) is 1. The number of aliphatic carboxylic acids is 1. The van der Waals surface area contributed by atoms with Crippen molar-refractivity contribution < 1.29 is 24.2 Å². The zero-order valence-corrected chi connectivity index (χ0v) is 22.8. The molecule has 1 saturated heterocycles. The summed E-state index contributed by atoms with van der Waals surface area (Å²) in [4.78, 5) is 38.8. The number of carboxylic acid groups (broad SMARTS) is 1. The summed E-state index contributed by atoms with van der Waals surface area (Å²) in [6.45, 7) is 6.28. The minimum Gasteiger partial charge on any atom is -0.491 e. The highest BCUT2D eigenvalue weighted by Gasteiger charge is 2.29. The first-order valence-corrected chi connectivity index (χ1v) is 13.8. The van der Waals surface area contributed by atoms with Crippen LogP contribution in [0.4, 0.5) is 0 Å². The second-order valence-electron chi connectivity index (χ2n) is 10.8. The van der Waals surface area contributed by atoms with Crippen LogP contribution in [0.3, 0.4) is 0 Å². The Bertz CT molecular complexity index is 1210. The lowest BCUT2D eigenvalue weighted by Crippen LogP contribution is -2.34. The fraction of sp³-hybridized carbons (Fsp3) is 0.484. The number of carbonyl (C=O) groups is 3. The number of amides is 2. The summed E-state index contributed by atoms with van der Waals surface area (Å²) in [7, 11) is 0. The van der Waals surface area contributed by atoms with Crippen molar-refractivity contribution in [2.24, 2.45) is 11.8 Å². The minimum atomic E-state index is -0.687. The number of carbonyl (C=O) groups excluding carboxylic acids is 2. The van der Waals surface area contributed by atoms with Gasteiger partial charge >= 0.3 is 5.97 Å². The van der Waals surface area contributed by atoms with Crippen LogP contribution in [0.15, 0.2) is 42.5 Å². The molecule has 1 atom stereocenters. The molecule has 2 aliphatic rings. The molecule has 1 aliphatic heterocycles. The number of imide groups is 1. The minimum absolute atomic E-state index is 0.113. The molecule has 2 fully saturated rings. The van der Waals surface area contributed by atoms with Gasteiger partial charge in [0, 0.05) is 32.0 Å². The van der Waals surface area contributed by atoms with E-state index in [1.54, 1.807) is 0 Å². The summed E-state index contributed by atoms with van der Waals surface area (Å²) >= 11 is 0. The molecule has 0 bridgehead atoms. The smallest absolute Gasteiger partial charge is 0.306 e. The summed E-state index contributed by atoms with van der Waals surface area (Å²) in [5.74, 6) is -0.0277. The lowest BCUT2D eigenvalue weighted by Gasteiger charge is -2.35. The van der Waals surface area contributed by atoms with Crippen LogP contribution in [0.2, 0.25) is 0 Å². The molecule has 1 N–H and O–H groups in total. The quantitative estimate of drug-likeness (QED) is 0.413. The Morgan fingerprint density at radius 2 is 1.77 bits per heavy atom. The maximum atomic E-state index is 11.8. The lowest BCUT2D eigenvalue weighted by atomic mass is 9.81. The molecule has 8 heteroatoms.